The predicted molar refractivity (Wildman–Crippen MR) is 96.2 cm³/mol. The Labute approximate surface area is 149 Å². The second-order valence-corrected chi connectivity index (χ2v) is 7.64. The highest BCUT2D eigenvalue weighted by molar-refractivity contribution is 6.30. The number of halogens is 1. The van der Waals surface area contributed by atoms with Gasteiger partial charge in [0.05, 0.1) is 6.42 Å². The van der Waals surface area contributed by atoms with Gasteiger partial charge in [-0.1, -0.05) is 23.7 Å². The maximum absolute atomic E-state index is 12.5. The molecule has 0 spiro atoms. The van der Waals surface area contributed by atoms with E-state index in [0.717, 1.165) is 12.0 Å². The maximum atomic E-state index is 12.5. The summed E-state index contributed by atoms with van der Waals surface area (Å²) < 4.78 is 0. The molecule has 0 aliphatic carbocycles. The summed E-state index contributed by atoms with van der Waals surface area (Å²) in [5.41, 5.74) is 0.698. The SMILES string of the molecule is CC(C)(C)NC(=O)N1CCCN(C(=O)Cc2ccc(Cl)cc2)CC1. The molecule has 5 nitrogen and oxygen atoms in total. The fourth-order valence-electron chi connectivity index (χ4n) is 2.66. The molecule has 0 radical (unpaired) electrons. The Morgan fingerprint density at radius 1 is 1.04 bits per heavy atom. The number of nitrogens with zero attached hydrogens (tertiary/aromatic N) is 2. The van der Waals surface area contributed by atoms with Crippen molar-refractivity contribution in [2.45, 2.75) is 39.2 Å². The van der Waals surface area contributed by atoms with Crippen LogP contribution in [0.15, 0.2) is 24.3 Å². The van der Waals surface area contributed by atoms with Gasteiger partial charge in [-0.25, -0.2) is 4.79 Å². The molecular formula is C18H26ClN3O2. The molecule has 3 amide bonds. The summed E-state index contributed by atoms with van der Waals surface area (Å²) in [4.78, 5) is 28.4. The van der Waals surface area contributed by atoms with Crippen molar-refractivity contribution in [1.29, 1.82) is 0 Å². The lowest BCUT2D eigenvalue weighted by Gasteiger charge is -2.27. The van der Waals surface area contributed by atoms with E-state index in [1.165, 1.54) is 0 Å². The first-order valence-corrected chi connectivity index (χ1v) is 8.72. The number of carbonyl (C=O) groups excluding carboxylic acids is 2. The molecule has 0 unspecified atom stereocenters. The van der Waals surface area contributed by atoms with Crippen molar-refractivity contribution in [2.75, 3.05) is 26.2 Å². The average Bonchev–Trinajstić information content (AvgIpc) is 2.74. The van der Waals surface area contributed by atoms with Crippen LogP contribution >= 0.6 is 11.6 Å². The first kappa shape index (κ1) is 18.6. The fraction of sp³-hybridized carbons (Fsp3) is 0.556. The van der Waals surface area contributed by atoms with Crippen LogP contribution in [0.3, 0.4) is 0 Å². The van der Waals surface area contributed by atoms with E-state index in [1.807, 2.05) is 37.8 Å². The zero-order valence-corrected chi connectivity index (χ0v) is 15.4. The maximum Gasteiger partial charge on any atom is 0.317 e. The largest absolute Gasteiger partial charge is 0.341 e. The third kappa shape index (κ3) is 5.71. The van der Waals surface area contributed by atoms with Gasteiger partial charge in [-0.05, 0) is 44.9 Å². The number of rotatable bonds is 2. The van der Waals surface area contributed by atoms with E-state index in [2.05, 4.69) is 5.32 Å². The first-order valence-electron chi connectivity index (χ1n) is 8.34. The van der Waals surface area contributed by atoms with E-state index in [4.69, 9.17) is 11.6 Å². The van der Waals surface area contributed by atoms with Crippen molar-refractivity contribution in [1.82, 2.24) is 15.1 Å². The summed E-state index contributed by atoms with van der Waals surface area (Å²) in [5.74, 6) is 0.0930. The molecule has 0 aromatic heterocycles. The van der Waals surface area contributed by atoms with Crippen molar-refractivity contribution >= 4 is 23.5 Å². The molecule has 0 atom stereocenters. The standard InChI is InChI=1S/C18H26ClN3O2/c1-18(2,3)20-17(24)22-10-4-9-21(11-12-22)16(23)13-14-5-7-15(19)8-6-14/h5-8H,4,9-13H2,1-3H3,(H,20,24). The van der Waals surface area contributed by atoms with Crippen molar-refractivity contribution < 1.29 is 9.59 Å². The Bertz CT molecular complexity index is 581. The predicted octanol–water partition coefficient (Wildman–Crippen LogP) is 2.92. The molecule has 1 aliphatic rings. The highest BCUT2D eigenvalue weighted by Gasteiger charge is 2.24. The van der Waals surface area contributed by atoms with Gasteiger partial charge in [0.15, 0.2) is 0 Å². The van der Waals surface area contributed by atoms with Crippen LogP contribution in [0.2, 0.25) is 5.02 Å². The first-order chi connectivity index (χ1) is 11.2. The van der Waals surface area contributed by atoms with Gasteiger partial charge < -0.3 is 15.1 Å². The Hall–Kier alpha value is -1.75. The minimum atomic E-state index is -0.256. The summed E-state index contributed by atoms with van der Waals surface area (Å²) in [5, 5.41) is 3.64. The molecule has 1 fully saturated rings. The minimum absolute atomic E-state index is 0.0606. The van der Waals surface area contributed by atoms with Gasteiger partial charge in [0.25, 0.3) is 0 Å². The van der Waals surface area contributed by atoms with Gasteiger partial charge in [0.2, 0.25) is 5.91 Å². The summed E-state index contributed by atoms with van der Waals surface area (Å²) in [6, 6.07) is 7.29. The van der Waals surface area contributed by atoms with Crippen LogP contribution in [0.4, 0.5) is 4.79 Å². The summed E-state index contributed by atoms with van der Waals surface area (Å²) in [7, 11) is 0. The molecule has 2 rings (SSSR count). The zero-order chi connectivity index (χ0) is 17.7. The van der Waals surface area contributed by atoms with E-state index >= 15 is 0 Å². The van der Waals surface area contributed by atoms with Gasteiger partial charge in [-0.2, -0.15) is 0 Å². The van der Waals surface area contributed by atoms with Crippen LogP contribution in [0.1, 0.15) is 32.8 Å². The number of hydrogen-bond donors (Lipinski definition) is 1. The molecule has 6 heteroatoms. The number of hydrogen-bond acceptors (Lipinski definition) is 2. The van der Waals surface area contributed by atoms with E-state index < -0.39 is 0 Å². The Balaban J connectivity index is 1.89. The molecule has 1 saturated heterocycles. The Morgan fingerprint density at radius 2 is 1.62 bits per heavy atom. The molecular weight excluding hydrogens is 326 g/mol. The fourth-order valence-corrected chi connectivity index (χ4v) is 2.78. The summed E-state index contributed by atoms with van der Waals surface area (Å²) >= 11 is 5.87. The smallest absolute Gasteiger partial charge is 0.317 e. The van der Waals surface area contributed by atoms with Crippen molar-refractivity contribution in [3.8, 4) is 0 Å². The van der Waals surface area contributed by atoms with Gasteiger partial charge in [0.1, 0.15) is 0 Å². The lowest BCUT2D eigenvalue weighted by Crippen LogP contribution is -2.49. The van der Waals surface area contributed by atoms with Crippen molar-refractivity contribution in [3.63, 3.8) is 0 Å². The van der Waals surface area contributed by atoms with Gasteiger partial charge in [-0.3, -0.25) is 4.79 Å². The highest BCUT2D eigenvalue weighted by Crippen LogP contribution is 2.12. The Kier molecular flexibility index (Phi) is 6.10. The lowest BCUT2D eigenvalue weighted by molar-refractivity contribution is -0.130. The van der Waals surface area contributed by atoms with Crippen LogP contribution in [0, 0.1) is 0 Å². The molecule has 0 saturated carbocycles. The van der Waals surface area contributed by atoms with Crippen molar-refractivity contribution in [3.05, 3.63) is 34.9 Å². The monoisotopic (exact) mass is 351 g/mol. The molecule has 132 valence electrons. The molecule has 1 heterocycles. The number of urea groups is 1. The normalized spacial score (nSPS) is 15.8. The van der Waals surface area contributed by atoms with E-state index in [-0.39, 0.29) is 17.5 Å². The molecule has 1 aromatic carbocycles. The lowest BCUT2D eigenvalue weighted by atomic mass is 10.1. The van der Waals surface area contributed by atoms with Crippen LogP contribution < -0.4 is 5.32 Å². The van der Waals surface area contributed by atoms with Crippen molar-refractivity contribution in [2.24, 2.45) is 0 Å². The summed E-state index contributed by atoms with van der Waals surface area (Å²) in [6.07, 6.45) is 1.16. The topological polar surface area (TPSA) is 52.7 Å². The number of carbonyl (C=O) groups is 2. The third-order valence-corrected chi connectivity index (χ3v) is 4.14. The van der Waals surface area contributed by atoms with Gasteiger partial charge in [-0.15, -0.1) is 0 Å². The molecule has 1 aromatic rings. The molecule has 1 N–H and O–H groups in total. The van der Waals surface area contributed by atoms with E-state index in [0.29, 0.717) is 37.6 Å². The summed E-state index contributed by atoms with van der Waals surface area (Å²) in [6.45, 7) is 8.39. The molecule has 24 heavy (non-hydrogen) atoms. The quantitative estimate of drug-likeness (QED) is 0.890. The molecule has 0 bridgehead atoms. The minimum Gasteiger partial charge on any atom is -0.341 e. The molecule has 1 aliphatic heterocycles. The van der Waals surface area contributed by atoms with Crippen LogP contribution in [-0.2, 0) is 11.2 Å². The van der Waals surface area contributed by atoms with E-state index in [1.54, 1.807) is 17.0 Å². The Morgan fingerprint density at radius 3 is 2.25 bits per heavy atom. The van der Waals surface area contributed by atoms with Gasteiger partial charge in [0, 0.05) is 36.7 Å². The van der Waals surface area contributed by atoms with Crippen LogP contribution in [0.5, 0.6) is 0 Å². The third-order valence-electron chi connectivity index (χ3n) is 3.89. The number of amides is 3. The number of benzene rings is 1. The van der Waals surface area contributed by atoms with Crippen LogP contribution in [-0.4, -0.2) is 53.5 Å². The second kappa shape index (κ2) is 7.88. The van der Waals surface area contributed by atoms with Gasteiger partial charge >= 0.3 is 6.03 Å². The number of nitrogens with one attached hydrogen (secondary N) is 1. The highest BCUT2D eigenvalue weighted by atomic mass is 35.5. The second-order valence-electron chi connectivity index (χ2n) is 7.20. The zero-order valence-electron chi connectivity index (χ0n) is 14.6. The van der Waals surface area contributed by atoms with E-state index in [9.17, 15) is 9.59 Å². The van der Waals surface area contributed by atoms with Crippen LogP contribution in [0.25, 0.3) is 0 Å². The average molecular weight is 352 g/mol.